The third-order valence-electron chi connectivity index (χ3n) is 3.66. The van der Waals surface area contributed by atoms with Crippen LogP contribution in [0, 0.1) is 17.5 Å². The fraction of sp³-hybridized carbons (Fsp3) is 0.556. The maximum absolute atomic E-state index is 13.6. The monoisotopic (exact) mass is 374 g/mol. The zero-order valence-corrected chi connectivity index (χ0v) is 15.3. The zero-order valence-electron chi connectivity index (χ0n) is 15.3. The van der Waals surface area contributed by atoms with Crippen molar-refractivity contribution in [3.8, 4) is 0 Å². The number of rotatable bonds is 10. The largest absolute Gasteiger partial charge is 0.369 e. The van der Waals surface area contributed by atoms with Crippen LogP contribution in [-0.2, 0) is 14.3 Å². The standard InChI is InChI=1S/C18H25F3N2O3/c1-4-6-10-26-12(3)18(25)23(9-5-2)11-15(24)22-14-8-7-13(19)16(20)17(14)21/h7-8,12H,4-6,9-11H2,1-3H3,(H,22,24)/t12-/m1/s1. The van der Waals surface area contributed by atoms with Crippen LogP contribution in [0.1, 0.15) is 40.0 Å². The Morgan fingerprint density at radius 1 is 1.15 bits per heavy atom. The van der Waals surface area contributed by atoms with Gasteiger partial charge in [0.1, 0.15) is 6.10 Å². The molecule has 0 saturated carbocycles. The van der Waals surface area contributed by atoms with Crippen LogP contribution in [-0.4, -0.2) is 42.5 Å². The molecule has 0 aliphatic heterocycles. The summed E-state index contributed by atoms with van der Waals surface area (Å²) in [7, 11) is 0. The fourth-order valence-corrected chi connectivity index (χ4v) is 2.26. The summed E-state index contributed by atoms with van der Waals surface area (Å²) in [5.41, 5.74) is -0.481. The van der Waals surface area contributed by atoms with Crippen LogP contribution in [0.3, 0.4) is 0 Å². The lowest BCUT2D eigenvalue weighted by Gasteiger charge is -2.25. The number of anilines is 1. The number of nitrogens with zero attached hydrogens (tertiary/aromatic N) is 1. The molecule has 1 aromatic carbocycles. The summed E-state index contributed by atoms with van der Waals surface area (Å²) in [6.07, 6.45) is 1.66. The Bertz CT molecular complexity index is 626. The van der Waals surface area contributed by atoms with Gasteiger partial charge in [0.2, 0.25) is 5.91 Å². The van der Waals surface area contributed by atoms with Crippen LogP contribution < -0.4 is 5.32 Å². The molecule has 0 bridgehead atoms. The van der Waals surface area contributed by atoms with Crippen molar-refractivity contribution in [3.05, 3.63) is 29.6 Å². The molecule has 1 N–H and O–H groups in total. The van der Waals surface area contributed by atoms with E-state index in [9.17, 15) is 22.8 Å². The van der Waals surface area contributed by atoms with Gasteiger partial charge in [-0.1, -0.05) is 20.3 Å². The van der Waals surface area contributed by atoms with E-state index in [1.807, 2.05) is 13.8 Å². The third kappa shape index (κ3) is 6.33. The predicted octanol–water partition coefficient (Wildman–Crippen LogP) is 3.49. The normalized spacial score (nSPS) is 11.9. The number of unbranched alkanes of at least 4 members (excludes halogenated alkanes) is 1. The Balaban J connectivity index is 2.73. The topological polar surface area (TPSA) is 58.6 Å². The lowest BCUT2D eigenvalue weighted by Crippen LogP contribution is -2.44. The number of benzene rings is 1. The van der Waals surface area contributed by atoms with Crippen molar-refractivity contribution in [1.82, 2.24) is 4.90 Å². The third-order valence-corrected chi connectivity index (χ3v) is 3.66. The van der Waals surface area contributed by atoms with Gasteiger partial charge in [0.15, 0.2) is 17.5 Å². The van der Waals surface area contributed by atoms with Gasteiger partial charge in [-0.2, -0.15) is 0 Å². The molecule has 8 heteroatoms. The number of halogens is 3. The molecule has 2 amide bonds. The van der Waals surface area contributed by atoms with E-state index in [0.717, 1.165) is 18.9 Å². The molecule has 0 radical (unpaired) electrons. The molecule has 0 spiro atoms. The lowest BCUT2D eigenvalue weighted by atomic mass is 10.2. The molecule has 0 saturated heterocycles. The summed E-state index contributed by atoms with van der Waals surface area (Å²) < 4.78 is 45.2. The molecule has 0 aliphatic rings. The summed E-state index contributed by atoms with van der Waals surface area (Å²) in [4.78, 5) is 25.8. The lowest BCUT2D eigenvalue weighted by molar-refractivity contribution is -0.144. The van der Waals surface area contributed by atoms with Crippen molar-refractivity contribution in [2.24, 2.45) is 0 Å². The van der Waals surface area contributed by atoms with E-state index in [1.165, 1.54) is 4.90 Å². The van der Waals surface area contributed by atoms with Gasteiger partial charge >= 0.3 is 0 Å². The minimum absolute atomic E-state index is 0.313. The van der Waals surface area contributed by atoms with Gasteiger partial charge in [0.05, 0.1) is 12.2 Å². The van der Waals surface area contributed by atoms with Crippen molar-refractivity contribution in [3.63, 3.8) is 0 Å². The Kier molecular flexibility index (Phi) is 9.12. The van der Waals surface area contributed by atoms with E-state index in [0.29, 0.717) is 25.6 Å². The van der Waals surface area contributed by atoms with E-state index >= 15 is 0 Å². The molecule has 0 aliphatic carbocycles. The van der Waals surface area contributed by atoms with E-state index in [4.69, 9.17) is 4.74 Å². The molecule has 26 heavy (non-hydrogen) atoms. The number of hydrogen-bond acceptors (Lipinski definition) is 3. The maximum atomic E-state index is 13.6. The van der Waals surface area contributed by atoms with Gasteiger partial charge in [-0.15, -0.1) is 0 Å². The second kappa shape index (κ2) is 10.8. The smallest absolute Gasteiger partial charge is 0.251 e. The SMILES string of the molecule is CCCCO[C@H](C)C(=O)N(CCC)CC(=O)Nc1ccc(F)c(F)c1F. The quantitative estimate of drug-likeness (QED) is 0.504. The van der Waals surface area contributed by atoms with Gasteiger partial charge in [-0.05, 0) is 31.9 Å². The Labute approximate surface area is 151 Å². The molecule has 0 unspecified atom stereocenters. The molecule has 5 nitrogen and oxygen atoms in total. The van der Waals surface area contributed by atoms with E-state index in [-0.39, 0.29) is 12.5 Å². The highest BCUT2D eigenvalue weighted by Gasteiger charge is 2.23. The maximum Gasteiger partial charge on any atom is 0.251 e. The van der Waals surface area contributed by atoms with Crippen LogP contribution >= 0.6 is 0 Å². The van der Waals surface area contributed by atoms with Crippen molar-refractivity contribution in [2.75, 3.05) is 25.0 Å². The average molecular weight is 374 g/mol. The number of amides is 2. The highest BCUT2D eigenvalue weighted by molar-refractivity contribution is 5.95. The van der Waals surface area contributed by atoms with E-state index in [1.54, 1.807) is 6.92 Å². The second-order valence-corrected chi connectivity index (χ2v) is 5.90. The first-order chi connectivity index (χ1) is 12.3. The number of nitrogens with one attached hydrogen (secondary N) is 1. The first-order valence-corrected chi connectivity index (χ1v) is 8.65. The van der Waals surface area contributed by atoms with Gasteiger partial charge in [0.25, 0.3) is 5.91 Å². The number of carbonyl (C=O) groups excluding carboxylic acids is 2. The highest BCUT2D eigenvalue weighted by atomic mass is 19.2. The summed E-state index contributed by atoms with van der Waals surface area (Å²) in [6.45, 7) is 5.86. The number of carbonyl (C=O) groups is 2. The molecular weight excluding hydrogens is 349 g/mol. The zero-order chi connectivity index (χ0) is 19.7. The first kappa shape index (κ1) is 22.0. The first-order valence-electron chi connectivity index (χ1n) is 8.65. The van der Waals surface area contributed by atoms with E-state index < -0.39 is 35.2 Å². The second-order valence-electron chi connectivity index (χ2n) is 5.90. The molecule has 1 rings (SSSR count). The molecule has 0 aromatic heterocycles. The van der Waals surface area contributed by atoms with Crippen LogP contribution in [0.2, 0.25) is 0 Å². The Morgan fingerprint density at radius 2 is 1.85 bits per heavy atom. The van der Waals surface area contributed by atoms with Crippen molar-refractivity contribution in [1.29, 1.82) is 0 Å². The number of hydrogen-bond donors (Lipinski definition) is 1. The summed E-state index contributed by atoms with van der Waals surface area (Å²) in [5, 5.41) is 2.16. The Morgan fingerprint density at radius 3 is 2.46 bits per heavy atom. The van der Waals surface area contributed by atoms with Crippen LogP contribution in [0.5, 0.6) is 0 Å². The molecule has 146 valence electrons. The summed E-state index contributed by atoms with van der Waals surface area (Å²) in [5.74, 6) is -5.56. The predicted molar refractivity (Wildman–Crippen MR) is 92.1 cm³/mol. The molecule has 0 heterocycles. The van der Waals surface area contributed by atoms with Gasteiger partial charge in [-0.25, -0.2) is 13.2 Å². The van der Waals surface area contributed by atoms with Crippen molar-refractivity contribution < 1.29 is 27.5 Å². The van der Waals surface area contributed by atoms with Crippen LogP contribution in [0.25, 0.3) is 0 Å². The molecule has 0 fully saturated rings. The highest BCUT2D eigenvalue weighted by Crippen LogP contribution is 2.19. The van der Waals surface area contributed by atoms with Crippen molar-refractivity contribution >= 4 is 17.5 Å². The fourth-order valence-electron chi connectivity index (χ4n) is 2.26. The van der Waals surface area contributed by atoms with Gasteiger partial charge in [0, 0.05) is 13.2 Å². The van der Waals surface area contributed by atoms with Crippen LogP contribution in [0.15, 0.2) is 12.1 Å². The molecular formula is C18H25F3N2O3. The van der Waals surface area contributed by atoms with Gasteiger partial charge in [-0.3, -0.25) is 9.59 Å². The molecule has 1 aromatic rings. The van der Waals surface area contributed by atoms with Crippen LogP contribution in [0.4, 0.5) is 18.9 Å². The van der Waals surface area contributed by atoms with E-state index in [2.05, 4.69) is 5.32 Å². The number of ether oxygens (including phenoxy) is 1. The Hall–Kier alpha value is -2.09. The summed E-state index contributed by atoms with van der Waals surface area (Å²) in [6, 6.07) is 1.64. The van der Waals surface area contributed by atoms with Crippen molar-refractivity contribution in [2.45, 2.75) is 46.1 Å². The van der Waals surface area contributed by atoms with Gasteiger partial charge < -0.3 is 15.0 Å². The molecule has 1 atom stereocenters. The average Bonchev–Trinajstić information content (AvgIpc) is 2.61. The minimum atomic E-state index is -1.66. The summed E-state index contributed by atoms with van der Waals surface area (Å²) >= 11 is 0. The minimum Gasteiger partial charge on any atom is -0.369 e.